The van der Waals surface area contributed by atoms with Gasteiger partial charge in [0.25, 0.3) is 0 Å². The Morgan fingerprint density at radius 3 is 2.80 bits per heavy atom. The van der Waals surface area contributed by atoms with E-state index in [0.29, 0.717) is 23.4 Å². The minimum Gasteiger partial charge on any atom is -0.467 e. The molecule has 0 aliphatic heterocycles. The predicted molar refractivity (Wildman–Crippen MR) is 76.3 cm³/mol. The van der Waals surface area contributed by atoms with Gasteiger partial charge in [-0.15, -0.1) is 0 Å². The molecule has 20 heavy (non-hydrogen) atoms. The monoisotopic (exact) mass is 274 g/mol. The van der Waals surface area contributed by atoms with E-state index in [1.165, 1.54) is 7.11 Å². The Bertz CT molecular complexity index is 617. The van der Waals surface area contributed by atoms with Crippen LogP contribution >= 0.6 is 0 Å². The minimum atomic E-state index is -0.799. The number of ether oxygens (including phenoxy) is 1. The Morgan fingerprint density at radius 2 is 2.10 bits per heavy atom. The largest absolute Gasteiger partial charge is 0.467 e. The van der Waals surface area contributed by atoms with E-state index in [1.54, 1.807) is 18.5 Å². The zero-order chi connectivity index (χ0) is 14.6. The van der Waals surface area contributed by atoms with Crippen molar-refractivity contribution in [2.75, 3.05) is 12.4 Å². The van der Waals surface area contributed by atoms with Gasteiger partial charge < -0.3 is 10.1 Å². The van der Waals surface area contributed by atoms with Gasteiger partial charge >= 0.3 is 5.97 Å². The van der Waals surface area contributed by atoms with Crippen LogP contribution in [0.1, 0.15) is 26.7 Å². The smallest absolute Gasteiger partial charge is 0.331 e. The maximum Gasteiger partial charge on any atom is 0.331 e. The number of nitrogens with one attached hydrogen (secondary N) is 1. The van der Waals surface area contributed by atoms with Gasteiger partial charge in [0.1, 0.15) is 16.9 Å². The summed E-state index contributed by atoms with van der Waals surface area (Å²) in [7, 11) is 1.39. The molecule has 6 heteroatoms. The van der Waals surface area contributed by atoms with Crippen molar-refractivity contribution in [3.05, 3.63) is 24.5 Å². The molecule has 0 aliphatic rings. The first-order valence-electron chi connectivity index (χ1n) is 6.53. The van der Waals surface area contributed by atoms with Crippen LogP contribution in [0.3, 0.4) is 0 Å². The lowest BCUT2D eigenvalue weighted by Gasteiger charge is -2.28. The molecule has 0 aliphatic carbocycles. The molecule has 2 aromatic heterocycles. The average Bonchev–Trinajstić information content (AvgIpc) is 2.46. The summed E-state index contributed by atoms with van der Waals surface area (Å²) in [5.41, 5.74) is 0.460. The molecular weight excluding hydrogens is 256 g/mol. The molecular formula is C14H18N4O2. The highest BCUT2D eigenvalue weighted by Crippen LogP contribution is 2.21. The highest BCUT2D eigenvalue weighted by Gasteiger charge is 2.33. The first-order valence-corrected chi connectivity index (χ1v) is 6.53. The normalized spacial score (nSPS) is 13.8. The van der Waals surface area contributed by atoms with Crippen LogP contribution in [0.4, 0.5) is 5.82 Å². The molecule has 1 atom stereocenters. The number of anilines is 1. The number of pyridine rings is 1. The number of hydrogen-bond acceptors (Lipinski definition) is 6. The van der Waals surface area contributed by atoms with Crippen LogP contribution in [-0.2, 0) is 9.53 Å². The van der Waals surface area contributed by atoms with E-state index in [0.717, 1.165) is 6.42 Å². The Hall–Kier alpha value is -2.24. The summed E-state index contributed by atoms with van der Waals surface area (Å²) in [6.07, 6.45) is 4.71. The Labute approximate surface area is 117 Å². The van der Waals surface area contributed by atoms with Gasteiger partial charge in [0.2, 0.25) is 0 Å². The third-order valence-corrected chi connectivity index (χ3v) is 3.12. The number of aromatic nitrogens is 3. The van der Waals surface area contributed by atoms with E-state index >= 15 is 0 Å². The Morgan fingerprint density at radius 1 is 1.35 bits per heavy atom. The summed E-state index contributed by atoms with van der Waals surface area (Å²) < 4.78 is 4.87. The second-order valence-corrected chi connectivity index (χ2v) is 4.79. The molecule has 2 heterocycles. The van der Waals surface area contributed by atoms with Crippen molar-refractivity contribution in [1.29, 1.82) is 0 Å². The van der Waals surface area contributed by atoms with Crippen LogP contribution in [0.2, 0.25) is 0 Å². The SMILES string of the molecule is CCCC(C)(Nc1ccc2nccnc2n1)C(=O)OC. The van der Waals surface area contributed by atoms with Crippen LogP contribution in [0.15, 0.2) is 24.5 Å². The Kier molecular flexibility index (Phi) is 4.12. The third-order valence-electron chi connectivity index (χ3n) is 3.12. The summed E-state index contributed by atoms with van der Waals surface area (Å²) in [5.74, 6) is 0.278. The van der Waals surface area contributed by atoms with Gasteiger partial charge in [0.05, 0.1) is 7.11 Å². The molecule has 2 rings (SSSR count). The van der Waals surface area contributed by atoms with Gasteiger partial charge in [-0.1, -0.05) is 13.3 Å². The maximum atomic E-state index is 12.0. The van der Waals surface area contributed by atoms with Crippen LogP contribution in [-0.4, -0.2) is 33.6 Å². The van der Waals surface area contributed by atoms with Gasteiger partial charge in [0, 0.05) is 12.4 Å². The van der Waals surface area contributed by atoms with Gasteiger partial charge in [-0.3, -0.25) is 4.98 Å². The van der Waals surface area contributed by atoms with E-state index in [1.807, 2.05) is 19.9 Å². The van der Waals surface area contributed by atoms with Crippen LogP contribution in [0, 0.1) is 0 Å². The summed E-state index contributed by atoms with van der Waals surface area (Å²) in [6.45, 7) is 3.83. The van der Waals surface area contributed by atoms with Crippen molar-refractivity contribution in [1.82, 2.24) is 15.0 Å². The first kappa shape index (κ1) is 14.2. The van der Waals surface area contributed by atoms with Crippen molar-refractivity contribution in [2.24, 2.45) is 0 Å². The molecule has 0 spiro atoms. The number of carbonyl (C=O) groups excluding carboxylic acids is 1. The number of fused-ring (bicyclic) bond motifs is 1. The van der Waals surface area contributed by atoms with E-state index in [9.17, 15) is 4.79 Å². The van der Waals surface area contributed by atoms with E-state index in [2.05, 4.69) is 20.3 Å². The minimum absolute atomic E-state index is 0.305. The first-order chi connectivity index (χ1) is 9.59. The highest BCUT2D eigenvalue weighted by molar-refractivity contribution is 5.84. The predicted octanol–water partition coefficient (Wildman–Crippen LogP) is 2.17. The van der Waals surface area contributed by atoms with Gasteiger partial charge in [0.15, 0.2) is 5.65 Å². The quantitative estimate of drug-likeness (QED) is 0.842. The number of nitrogens with zero attached hydrogens (tertiary/aromatic N) is 3. The van der Waals surface area contributed by atoms with Crippen LogP contribution in [0.25, 0.3) is 11.2 Å². The van der Waals surface area contributed by atoms with Gasteiger partial charge in [-0.05, 0) is 25.5 Å². The molecule has 6 nitrogen and oxygen atoms in total. The zero-order valence-electron chi connectivity index (χ0n) is 11.9. The fourth-order valence-electron chi connectivity index (χ4n) is 2.15. The van der Waals surface area contributed by atoms with E-state index in [-0.39, 0.29) is 5.97 Å². The van der Waals surface area contributed by atoms with Crippen molar-refractivity contribution in [3.63, 3.8) is 0 Å². The molecule has 106 valence electrons. The second kappa shape index (κ2) is 5.81. The van der Waals surface area contributed by atoms with E-state index in [4.69, 9.17) is 4.74 Å². The molecule has 0 aromatic carbocycles. The fraction of sp³-hybridized carbons (Fsp3) is 0.429. The lowest BCUT2D eigenvalue weighted by molar-refractivity contribution is -0.145. The van der Waals surface area contributed by atoms with Gasteiger partial charge in [-0.25, -0.2) is 14.8 Å². The second-order valence-electron chi connectivity index (χ2n) is 4.79. The number of rotatable bonds is 5. The Balaban J connectivity index is 2.30. The van der Waals surface area contributed by atoms with E-state index < -0.39 is 5.54 Å². The zero-order valence-corrected chi connectivity index (χ0v) is 11.9. The van der Waals surface area contributed by atoms with Crippen molar-refractivity contribution in [3.8, 4) is 0 Å². The maximum absolute atomic E-state index is 12.0. The summed E-state index contributed by atoms with van der Waals surface area (Å²) in [4.78, 5) is 24.6. The fourth-order valence-corrected chi connectivity index (χ4v) is 2.15. The third kappa shape index (κ3) is 2.84. The molecule has 0 saturated heterocycles. The van der Waals surface area contributed by atoms with Crippen LogP contribution in [0.5, 0.6) is 0 Å². The van der Waals surface area contributed by atoms with Gasteiger partial charge in [-0.2, -0.15) is 0 Å². The molecule has 0 saturated carbocycles. The van der Waals surface area contributed by atoms with Crippen molar-refractivity contribution >= 4 is 23.0 Å². The summed E-state index contributed by atoms with van der Waals surface area (Å²) in [6, 6.07) is 3.61. The molecule has 0 bridgehead atoms. The van der Waals surface area contributed by atoms with Crippen LogP contribution < -0.4 is 5.32 Å². The number of carbonyl (C=O) groups is 1. The molecule has 2 aromatic rings. The lowest BCUT2D eigenvalue weighted by atomic mass is 9.96. The molecule has 0 amide bonds. The average molecular weight is 274 g/mol. The molecule has 0 radical (unpaired) electrons. The molecule has 1 N–H and O–H groups in total. The summed E-state index contributed by atoms with van der Waals surface area (Å²) in [5, 5.41) is 3.15. The topological polar surface area (TPSA) is 77.0 Å². The molecule has 0 fully saturated rings. The number of methoxy groups -OCH3 is 1. The number of esters is 1. The molecule has 1 unspecified atom stereocenters. The standard InChI is InChI=1S/C14H18N4O2/c1-4-7-14(2,13(19)20-3)18-11-6-5-10-12(17-11)16-9-8-15-10/h5-6,8-9H,4,7H2,1-3H3,(H,16,17,18). The highest BCUT2D eigenvalue weighted by atomic mass is 16.5. The van der Waals surface area contributed by atoms with Crippen molar-refractivity contribution in [2.45, 2.75) is 32.2 Å². The van der Waals surface area contributed by atoms with Crippen molar-refractivity contribution < 1.29 is 9.53 Å². The lowest BCUT2D eigenvalue weighted by Crippen LogP contribution is -2.44. The number of hydrogen-bond donors (Lipinski definition) is 1. The summed E-state index contributed by atoms with van der Waals surface area (Å²) >= 11 is 0.